The number of hydrogen-bond acceptors (Lipinski definition) is 8. The Hall–Kier alpha value is -0.840. The van der Waals surface area contributed by atoms with E-state index >= 15 is 0 Å². The van der Waals surface area contributed by atoms with E-state index < -0.39 is 48.8 Å². The van der Waals surface area contributed by atoms with Crippen LogP contribution in [0.1, 0.15) is 59.3 Å². The van der Waals surface area contributed by atoms with Crippen LogP contribution in [-0.4, -0.2) is 87.3 Å². The Morgan fingerprint density at radius 3 is 2.47 bits per heavy atom. The molecular weight excluding hydrogens is 440 g/mol. The summed E-state index contributed by atoms with van der Waals surface area (Å²) in [6.45, 7) is 10.4. The van der Waals surface area contributed by atoms with Crippen LogP contribution in [0.15, 0.2) is 23.8 Å². The molecule has 2 saturated carbocycles. The molecule has 6 N–H and O–H groups in total. The molecule has 3 aliphatic rings. The predicted octanol–water partition coefficient (Wildman–Crippen LogP) is 1.27. The fourth-order valence-corrected chi connectivity index (χ4v) is 6.81. The van der Waals surface area contributed by atoms with E-state index in [1.807, 2.05) is 19.9 Å². The minimum absolute atomic E-state index is 0.0386. The molecule has 34 heavy (non-hydrogen) atoms. The van der Waals surface area contributed by atoms with Gasteiger partial charge in [0.1, 0.15) is 24.4 Å². The summed E-state index contributed by atoms with van der Waals surface area (Å²) in [5.41, 5.74) is 1.71. The van der Waals surface area contributed by atoms with E-state index in [-0.39, 0.29) is 30.5 Å². The van der Waals surface area contributed by atoms with Gasteiger partial charge in [-0.2, -0.15) is 0 Å². The van der Waals surface area contributed by atoms with Crippen LogP contribution >= 0.6 is 0 Å². The molecular formula is C26H44O8. The molecule has 0 aromatic heterocycles. The van der Waals surface area contributed by atoms with Gasteiger partial charge in [0, 0.05) is 5.41 Å². The van der Waals surface area contributed by atoms with Gasteiger partial charge in [0.15, 0.2) is 6.29 Å². The molecule has 0 amide bonds. The maximum absolute atomic E-state index is 11.1. The van der Waals surface area contributed by atoms with Gasteiger partial charge in [-0.3, -0.25) is 0 Å². The second-order valence-electron chi connectivity index (χ2n) is 11.1. The van der Waals surface area contributed by atoms with E-state index in [1.165, 1.54) is 5.57 Å². The Balaban J connectivity index is 1.78. The van der Waals surface area contributed by atoms with E-state index in [0.29, 0.717) is 6.42 Å². The summed E-state index contributed by atoms with van der Waals surface area (Å²) in [6.07, 6.45) is -0.335. The summed E-state index contributed by atoms with van der Waals surface area (Å²) >= 11 is 0. The van der Waals surface area contributed by atoms with Gasteiger partial charge in [0.2, 0.25) is 0 Å². The average molecular weight is 485 g/mol. The molecule has 10 atom stereocenters. The van der Waals surface area contributed by atoms with Gasteiger partial charge in [-0.15, -0.1) is 0 Å². The fourth-order valence-electron chi connectivity index (χ4n) is 6.81. The highest BCUT2D eigenvalue weighted by Crippen LogP contribution is 2.62. The lowest BCUT2D eigenvalue weighted by atomic mass is 9.46. The van der Waals surface area contributed by atoms with Crippen molar-refractivity contribution in [2.75, 3.05) is 19.8 Å². The molecule has 0 spiro atoms. The smallest absolute Gasteiger partial charge is 0.186 e. The normalized spacial score (nSPS) is 45.8. The van der Waals surface area contributed by atoms with Gasteiger partial charge in [0.25, 0.3) is 0 Å². The molecule has 8 heteroatoms. The van der Waals surface area contributed by atoms with Gasteiger partial charge in [-0.25, -0.2) is 0 Å². The van der Waals surface area contributed by atoms with Crippen molar-refractivity contribution in [3.05, 3.63) is 23.8 Å². The van der Waals surface area contributed by atoms with Gasteiger partial charge in [0.05, 0.1) is 25.9 Å². The lowest BCUT2D eigenvalue weighted by Crippen LogP contribution is -2.61. The van der Waals surface area contributed by atoms with Crippen LogP contribution in [0.3, 0.4) is 0 Å². The molecule has 0 radical (unpaired) electrons. The average Bonchev–Trinajstić information content (AvgIpc) is 2.79. The highest BCUT2D eigenvalue weighted by atomic mass is 16.7. The molecule has 1 heterocycles. The Morgan fingerprint density at radius 1 is 1.12 bits per heavy atom. The Bertz CT molecular complexity index is 738. The number of rotatable bonds is 8. The lowest BCUT2D eigenvalue weighted by molar-refractivity contribution is -0.313. The van der Waals surface area contributed by atoms with Gasteiger partial charge < -0.3 is 40.1 Å². The van der Waals surface area contributed by atoms with Gasteiger partial charge in [-0.05, 0) is 62.7 Å². The fraction of sp³-hybridized carbons (Fsp3) is 0.846. The van der Waals surface area contributed by atoms with Crippen LogP contribution in [0, 0.1) is 22.7 Å². The van der Waals surface area contributed by atoms with Crippen molar-refractivity contribution in [3.8, 4) is 0 Å². The first-order valence-corrected chi connectivity index (χ1v) is 12.5. The number of ether oxygens (including phenoxy) is 2. The minimum atomic E-state index is -1.50. The second kappa shape index (κ2) is 11.0. The highest BCUT2D eigenvalue weighted by Gasteiger charge is 2.58. The van der Waals surface area contributed by atoms with Crippen molar-refractivity contribution < 1.29 is 40.1 Å². The molecule has 0 unspecified atom stereocenters. The molecule has 1 aliphatic heterocycles. The van der Waals surface area contributed by atoms with E-state index in [2.05, 4.69) is 13.5 Å². The zero-order valence-corrected chi connectivity index (χ0v) is 20.8. The van der Waals surface area contributed by atoms with Crippen molar-refractivity contribution in [3.63, 3.8) is 0 Å². The summed E-state index contributed by atoms with van der Waals surface area (Å²) < 4.78 is 11.5. The molecule has 0 bridgehead atoms. The zero-order valence-electron chi connectivity index (χ0n) is 20.8. The van der Waals surface area contributed by atoms with E-state index in [0.717, 1.165) is 37.7 Å². The molecule has 196 valence electrons. The summed E-state index contributed by atoms with van der Waals surface area (Å²) in [6, 6.07) is 0. The summed E-state index contributed by atoms with van der Waals surface area (Å²) in [4.78, 5) is 0. The van der Waals surface area contributed by atoms with Crippen molar-refractivity contribution in [1.82, 2.24) is 0 Å². The van der Waals surface area contributed by atoms with Crippen LogP contribution in [-0.2, 0) is 9.47 Å². The number of aliphatic hydroxyl groups excluding tert-OH is 6. The first-order chi connectivity index (χ1) is 16.0. The predicted molar refractivity (Wildman–Crippen MR) is 127 cm³/mol. The largest absolute Gasteiger partial charge is 0.394 e. The number of hydrogen-bond donors (Lipinski definition) is 6. The first kappa shape index (κ1) is 27.7. The topological polar surface area (TPSA) is 140 Å². The summed E-state index contributed by atoms with van der Waals surface area (Å²) in [5.74, 6) is 0.429. The monoisotopic (exact) mass is 484 g/mol. The van der Waals surface area contributed by atoms with E-state index in [9.17, 15) is 30.6 Å². The van der Waals surface area contributed by atoms with Crippen molar-refractivity contribution in [1.29, 1.82) is 0 Å². The maximum atomic E-state index is 11.1. The molecule has 1 saturated heterocycles. The SMILES string of the molecule is C=C1CC[C@@H]2[C@@](C)(CO[C@@H]3O[C@H](CO)[C@@H](O)[C@H](O)[C@H]3O)[C@H](O)CC[C@@]2(C)[C@@H]1CC/C(C)=C/CO. The van der Waals surface area contributed by atoms with Gasteiger partial charge in [-0.1, -0.05) is 37.6 Å². The second-order valence-corrected chi connectivity index (χ2v) is 11.1. The molecule has 0 aromatic rings. The Labute approximate surface area is 202 Å². The third kappa shape index (κ3) is 5.15. The van der Waals surface area contributed by atoms with Crippen molar-refractivity contribution in [2.45, 2.75) is 96.1 Å². The van der Waals surface area contributed by atoms with Crippen LogP contribution in [0.25, 0.3) is 0 Å². The third-order valence-corrected chi connectivity index (χ3v) is 9.03. The number of allylic oxidation sites excluding steroid dienone is 2. The highest BCUT2D eigenvalue weighted by molar-refractivity contribution is 5.18. The molecule has 0 aromatic carbocycles. The van der Waals surface area contributed by atoms with E-state index in [4.69, 9.17) is 9.47 Å². The number of aliphatic hydroxyl groups is 6. The van der Waals surface area contributed by atoms with Gasteiger partial charge >= 0.3 is 0 Å². The third-order valence-electron chi connectivity index (χ3n) is 9.03. The lowest BCUT2D eigenvalue weighted by Gasteiger charge is -2.60. The quantitative estimate of drug-likeness (QED) is 0.283. The zero-order chi connectivity index (χ0) is 25.3. The van der Waals surface area contributed by atoms with Crippen LogP contribution in [0.5, 0.6) is 0 Å². The molecule has 8 nitrogen and oxygen atoms in total. The summed E-state index contributed by atoms with van der Waals surface area (Å²) in [7, 11) is 0. The van der Waals surface area contributed by atoms with Crippen molar-refractivity contribution in [2.24, 2.45) is 22.7 Å². The Morgan fingerprint density at radius 2 is 1.82 bits per heavy atom. The molecule has 3 rings (SSSR count). The van der Waals surface area contributed by atoms with Crippen LogP contribution in [0.2, 0.25) is 0 Å². The molecule has 2 aliphatic carbocycles. The van der Waals surface area contributed by atoms with E-state index in [1.54, 1.807) is 0 Å². The maximum Gasteiger partial charge on any atom is 0.186 e. The molecule has 3 fully saturated rings. The summed E-state index contributed by atoms with van der Waals surface area (Å²) in [5, 5.41) is 60.3. The van der Waals surface area contributed by atoms with Crippen LogP contribution in [0.4, 0.5) is 0 Å². The minimum Gasteiger partial charge on any atom is -0.394 e. The Kier molecular flexibility index (Phi) is 9.02. The first-order valence-electron chi connectivity index (χ1n) is 12.5. The van der Waals surface area contributed by atoms with Crippen molar-refractivity contribution >= 4 is 0 Å². The van der Waals surface area contributed by atoms with Crippen LogP contribution < -0.4 is 0 Å². The standard InChI is InChI=1S/C26H44O8/c1-15(10-12-27)5-7-17-16(2)6-8-19-25(17,3)11-9-20(29)26(19,4)14-33-24-23(32)22(31)21(30)18(13-28)34-24/h10,17-24,27-32H,2,5-9,11-14H2,1,3-4H3/b15-10+/t17-,18-,19+,20-,21-,22+,23-,24-,25+,26-/m1/s1. The number of fused-ring (bicyclic) bond motifs is 1.